The van der Waals surface area contributed by atoms with Crippen LogP contribution in [-0.2, 0) is 9.53 Å². The number of hydrogen-bond acceptors (Lipinski definition) is 10. The molecule has 1 atom stereocenters. The van der Waals surface area contributed by atoms with Gasteiger partial charge in [-0.05, 0) is 65.9 Å². The van der Waals surface area contributed by atoms with E-state index in [0.29, 0.717) is 36.6 Å². The van der Waals surface area contributed by atoms with E-state index < -0.39 is 12.0 Å². The summed E-state index contributed by atoms with van der Waals surface area (Å²) >= 11 is 2.51. The first-order valence-electron chi connectivity index (χ1n) is 12.4. The minimum absolute atomic E-state index is 0.220. The zero-order chi connectivity index (χ0) is 27.6. The van der Waals surface area contributed by atoms with Crippen LogP contribution in [0.2, 0.25) is 0 Å². The van der Waals surface area contributed by atoms with E-state index in [2.05, 4.69) is 20.5 Å². The fourth-order valence-electron chi connectivity index (χ4n) is 4.40. The Morgan fingerprint density at radius 3 is 2.60 bits per heavy atom. The lowest BCUT2D eigenvalue weighted by molar-refractivity contribution is -0.139. The molecule has 0 fully saturated rings. The number of aromatic nitrogens is 5. The number of esters is 1. The molecule has 0 amide bonds. The Morgan fingerprint density at radius 1 is 1.10 bits per heavy atom. The fourth-order valence-corrected chi connectivity index (χ4v) is 6.19. The summed E-state index contributed by atoms with van der Waals surface area (Å²) in [6.45, 7) is 3.73. The number of tetrazole rings is 1. The van der Waals surface area contributed by atoms with Crippen LogP contribution in [0.4, 0.5) is 0 Å². The van der Waals surface area contributed by atoms with Crippen LogP contribution in [0, 0.1) is 0 Å². The monoisotopic (exact) mass is 570 g/mol. The second kappa shape index (κ2) is 10.9. The van der Waals surface area contributed by atoms with Crippen LogP contribution in [0.3, 0.4) is 0 Å². The second-order valence-electron chi connectivity index (χ2n) is 8.68. The van der Waals surface area contributed by atoms with Gasteiger partial charge < -0.3 is 9.15 Å². The minimum Gasteiger partial charge on any atom is -0.463 e. The van der Waals surface area contributed by atoms with Crippen molar-refractivity contribution in [3.8, 4) is 5.69 Å². The number of thiazole rings is 1. The van der Waals surface area contributed by atoms with Gasteiger partial charge in [-0.1, -0.05) is 59.9 Å². The molecule has 4 heterocycles. The molecule has 200 valence electrons. The van der Waals surface area contributed by atoms with Crippen LogP contribution >= 0.6 is 23.1 Å². The zero-order valence-corrected chi connectivity index (χ0v) is 23.1. The molecule has 1 aliphatic heterocycles. The number of para-hydroxylation sites is 1. The van der Waals surface area contributed by atoms with Gasteiger partial charge in [0.15, 0.2) is 9.89 Å². The second-order valence-corrected chi connectivity index (χ2v) is 10.7. The van der Waals surface area contributed by atoms with E-state index in [1.54, 1.807) is 41.3 Å². The molecule has 0 radical (unpaired) electrons. The van der Waals surface area contributed by atoms with Gasteiger partial charge in [-0.25, -0.2) is 9.79 Å². The summed E-state index contributed by atoms with van der Waals surface area (Å²) in [6.07, 6.45) is 1.68. The quantitative estimate of drug-likeness (QED) is 0.273. The number of hydrogen-bond donors (Lipinski definition) is 0. The number of ether oxygens (including phenoxy) is 1. The largest absolute Gasteiger partial charge is 0.463 e. The molecule has 0 saturated heterocycles. The molecule has 0 unspecified atom stereocenters. The van der Waals surface area contributed by atoms with Crippen molar-refractivity contribution in [1.82, 2.24) is 24.8 Å². The number of rotatable bonds is 7. The number of nitrogens with zero attached hydrogens (tertiary/aromatic N) is 6. The van der Waals surface area contributed by atoms with E-state index >= 15 is 0 Å². The molecule has 1 aliphatic rings. The van der Waals surface area contributed by atoms with Gasteiger partial charge in [-0.15, -0.1) is 5.10 Å². The Hall–Kier alpha value is -4.55. The molecule has 0 aliphatic carbocycles. The Labute approximate surface area is 235 Å². The zero-order valence-electron chi connectivity index (χ0n) is 21.4. The third kappa shape index (κ3) is 4.82. The highest BCUT2D eigenvalue weighted by molar-refractivity contribution is 7.99. The maximum Gasteiger partial charge on any atom is 0.338 e. The van der Waals surface area contributed by atoms with Crippen molar-refractivity contribution in [2.75, 3.05) is 6.61 Å². The van der Waals surface area contributed by atoms with Gasteiger partial charge in [-0.2, -0.15) is 4.68 Å². The van der Waals surface area contributed by atoms with Crippen LogP contribution in [0.25, 0.3) is 11.8 Å². The Kier molecular flexibility index (Phi) is 7.01. The standard InChI is InChI=1S/C28H22N6O4S2/c1-3-37-26(36)23-17(2)29-27-33(24(23)18-10-6-4-7-11-18)25(35)21(39-27)16-20-14-15-22(38-20)40-28-30-31-32-34(28)19-12-8-5-9-13-19/h4-16,24H,3H2,1-2H3/b21-16-/t24-/m0/s1. The Balaban J connectivity index is 1.36. The number of benzene rings is 2. The molecule has 12 heteroatoms. The average Bonchev–Trinajstić information content (AvgIpc) is 3.69. The third-order valence-electron chi connectivity index (χ3n) is 6.14. The first kappa shape index (κ1) is 25.7. The van der Waals surface area contributed by atoms with Crippen LogP contribution in [0.15, 0.2) is 109 Å². The van der Waals surface area contributed by atoms with Crippen molar-refractivity contribution in [3.05, 3.63) is 115 Å². The van der Waals surface area contributed by atoms with Gasteiger partial charge in [0.2, 0.25) is 5.16 Å². The summed E-state index contributed by atoms with van der Waals surface area (Å²) in [5, 5.41) is 13.1. The van der Waals surface area contributed by atoms with Crippen LogP contribution < -0.4 is 14.9 Å². The lowest BCUT2D eigenvalue weighted by atomic mass is 9.96. The highest BCUT2D eigenvalue weighted by atomic mass is 32.2. The summed E-state index contributed by atoms with van der Waals surface area (Å²) in [4.78, 5) is 31.8. The number of carbonyl (C=O) groups excluding carboxylic acids is 1. The number of furan rings is 1. The van der Waals surface area contributed by atoms with E-state index in [9.17, 15) is 9.59 Å². The summed E-state index contributed by atoms with van der Waals surface area (Å²) in [7, 11) is 0. The molecule has 40 heavy (non-hydrogen) atoms. The van der Waals surface area contributed by atoms with Crippen molar-refractivity contribution in [2.45, 2.75) is 30.1 Å². The first-order chi connectivity index (χ1) is 19.5. The highest BCUT2D eigenvalue weighted by Crippen LogP contribution is 2.31. The lowest BCUT2D eigenvalue weighted by Crippen LogP contribution is -2.39. The fraction of sp³-hybridized carbons (Fsp3) is 0.143. The summed E-state index contributed by atoms with van der Waals surface area (Å²) in [5.41, 5.74) is 2.21. The van der Waals surface area contributed by atoms with Gasteiger partial charge in [0.1, 0.15) is 5.76 Å². The van der Waals surface area contributed by atoms with Crippen molar-refractivity contribution in [2.24, 2.45) is 4.99 Å². The van der Waals surface area contributed by atoms with Crippen molar-refractivity contribution < 1.29 is 13.9 Å². The first-order valence-corrected chi connectivity index (χ1v) is 14.0. The number of fused-ring (bicyclic) bond motifs is 1. The minimum atomic E-state index is -0.654. The van der Waals surface area contributed by atoms with Crippen molar-refractivity contribution in [3.63, 3.8) is 0 Å². The molecule has 5 aromatic rings. The highest BCUT2D eigenvalue weighted by Gasteiger charge is 2.33. The van der Waals surface area contributed by atoms with Crippen molar-refractivity contribution in [1.29, 1.82) is 0 Å². The topological polar surface area (TPSA) is 117 Å². The van der Waals surface area contributed by atoms with Gasteiger partial charge in [0.25, 0.3) is 5.56 Å². The predicted octanol–water partition coefficient (Wildman–Crippen LogP) is 3.52. The summed E-state index contributed by atoms with van der Waals surface area (Å²) < 4.78 is 14.9. The molecule has 10 nitrogen and oxygen atoms in total. The van der Waals surface area contributed by atoms with Crippen LogP contribution in [-0.4, -0.2) is 37.4 Å². The molecule has 0 N–H and O–H groups in total. The number of carbonyl (C=O) groups is 1. The van der Waals surface area contributed by atoms with E-state index in [1.165, 1.54) is 23.1 Å². The molecular formula is C28H22N6O4S2. The maximum absolute atomic E-state index is 13.7. The Morgan fingerprint density at radius 2 is 1.85 bits per heavy atom. The molecule has 2 aromatic carbocycles. The van der Waals surface area contributed by atoms with E-state index in [1.807, 2.05) is 60.7 Å². The SMILES string of the molecule is CCOC(=O)C1=C(C)N=c2s/c(=C\c3ccc(Sc4nnnn4-c4ccccc4)o3)c(=O)n2[C@H]1c1ccccc1. The molecule has 3 aromatic heterocycles. The van der Waals surface area contributed by atoms with Crippen LogP contribution in [0.5, 0.6) is 0 Å². The van der Waals surface area contributed by atoms with Gasteiger partial charge >= 0.3 is 5.97 Å². The van der Waals surface area contributed by atoms with E-state index in [4.69, 9.17) is 9.15 Å². The Bertz CT molecular complexity index is 1900. The van der Waals surface area contributed by atoms with Crippen molar-refractivity contribution >= 4 is 35.1 Å². The van der Waals surface area contributed by atoms with E-state index in [0.717, 1.165) is 11.3 Å². The normalized spacial score (nSPS) is 15.2. The summed E-state index contributed by atoms with van der Waals surface area (Å²) in [5.74, 6) is 0.00141. The average molecular weight is 571 g/mol. The lowest BCUT2D eigenvalue weighted by Gasteiger charge is -2.24. The smallest absolute Gasteiger partial charge is 0.338 e. The predicted molar refractivity (Wildman–Crippen MR) is 149 cm³/mol. The maximum atomic E-state index is 13.7. The van der Waals surface area contributed by atoms with Gasteiger partial charge in [0.05, 0.1) is 34.1 Å². The number of allylic oxidation sites excluding steroid dienone is 1. The molecule has 0 saturated carbocycles. The molecule has 6 rings (SSSR count). The van der Waals surface area contributed by atoms with E-state index in [-0.39, 0.29) is 12.2 Å². The molecular weight excluding hydrogens is 548 g/mol. The van der Waals surface area contributed by atoms with Crippen LogP contribution in [0.1, 0.15) is 31.2 Å². The summed E-state index contributed by atoms with van der Waals surface area (Å²) in [6, 6.07) is 21.9. The van der Waals surface area contributed by atoms with Gasteiger partial charge in [-0.3, -0.25) is 9.36 Å². The molecule has 0 bridgehead atoms. The molecule has 0 spiro atoms. The van der Waals surface area contributed by atoms with Gasteiger partial charge in [0, 0.05) is 6.08 Å². The third-order valence-corrected chi connectivity index (χ3v) is 7.98.